The van der Waals surface area contributed by atoms with Gasteiger partial charge in [-0.15, -0.1) is 0 Å². The minimum absolute atomic E-state index is 0.132. The number of anilines is 1. The molecule has 2 heterocycles. The number of para-hydroxylation sites is 1. The molecule has 144 valence electrons. The number of nitrogens with zero attached hydrogens (tertiary/aromatic N) is 2. The van der Waals surface area contributed by atoms with Crippen molar-refractivity contribution in [3.8, 4) is 17.1 Å². The van der Waals surface area contributed by atoms with Gasteiger partial charge in [-0.1, -0.05) is 17.3 Å². The van der Waals surface area contributed by atoms with Crippen molar-refractivity contribution in [2.45, 2.75) is 45.3 Å². The van der Waals surface area contributed by atoms with Crippen LogP contribution in [0.1, 0.15) is 33.6 Å². The van der Waals surface area contributed by atoms with Crippen molar-refractivity contribution < 1.29 is 18.8 Å². The van der Waals surface area contributed by atoms with Gasteiger partial charge in [0, 0.05) is 24.6 Å². The summed E-state index contributed by atoms with van der Waals surface area (Å²) in [5.41, 5.74) is 6.21. The Morgan fingerprint density at radius 1 is 1.30 bits per heavy atom. The van der Waals surface area contributed by atoms with Gasteiger partial charge < -0.3 is 24.6 Å². The Morgan fingerprint density at radius 2 is 2.00 bits per heavy atom. The number of benzene rings is 1. The quantitative estimate of drug-likeness (QED) is 0.884. The summed E-state index contributed by atoms with van der Waals surface area (Å²) in [6.45, 7) is 7.12. The summed E-state index contributed by atoms with van der Waals surface area (Å²) in [4.78, 5) is 13.9. The number of hydrogen-bond acceptors (Lipinski definition) is 6. The number of ether oxygens (including phenoxy) is 2. The molecule has 2 fully saturated rings. The van der Waals surface area contributed by atoms with Gasteiger partial charge in [-0.3, -0.25) is 0 Å². The second-order valence-corrected chi connectivity index (χ2v) is 8.60. The van der Waals surface area contributed by atoms with Crippen LogP contribution in [0.2, 0.25) is 0 Å². The predicted molar refractivity (Wildman–Crippen MR) is 100 cm³/mol. The van der Waals surface area contributed by atoms with E-state index >= 15 is 0 Å². The normalized spacial score (nSPS) is 18.7. The van der Waals surface area contributed by atoms with E-state index in [0.29, 0.717) is 11.6 Å². The van der Waals surface area contributed by atoms with Crippen LogP contribution in [0.25, 0.3) is 11.3 Å². The highest BCUT2D eigenvalue weighted by atomic mass is 16.6. The van der Waals surface area contributed by atoms with Crippen LogP contribution in [-0.2, 0) is 4.74 Å². The Morgan fingerprint density at radius 3 is 2.63 bits per heavy atom. The summed E-state index contributed by atoms with van der Waals surface area (Å²) in [6.07, 6.45) is 1.76. The van der Waals surface area contributed by atoms with Gasteiger partial charge in [0.1, 0.15) is 17.5 Å². The summed E-state index contributed by atoms with van der Waals surface area (Å²) in [7, 11) is 0. The van der Waals surface area contributed by atoms with Gasteiger partial charge in [-0.25, -0.2) is 4.79 Å². The minimum Gasteiger partial charge on any atom is -0.490 e. The lowest BCUT2D eigenvalue weighted by atomic mass is 9.62. The van der Waals surface area contributed by atoms with Crippen LogP contribution < -0.4 is 10.5 Å². The van der Waals surface area contributed by atoms with Crippen molar-refractivity contribution in [2.75, 3.05) is 18.8 Å². The molecule has 0 radical (unpaired) electrons. The molecule has 0 atom stereocenters. The fourth-order valence-corrected chi connectivity index (χ4v) is 3.84. The lowest BCUT2D eigenvalue weighted by Crippen LogP contribution is -2.66. The van der Waals surface area contributed by atoms with E-state index in [4.69, 9.17) is 19.7 Å². The molecular weight excluding hydrogens is 346 g/mol. The highest BCUT2D eigenvalue weighted by Crippen LogP contribution is 2.50. The second kappa shape index (κ2) is 6.18. The summed E-state index contributed by atoms with van der Waals surface area (Å²) in [6, 6.07) is 9.40. The Kier molecular flexibility index (Phi) is 4.05. The molecule has 2 N–H and O–H groups in total. The van der Waals surface area contributed by atoms with Crippen molar-refractivity contribution in [3.05, 3.63) is 30.3 Å². The van der Waals surface area contributed by atoms with E-state index in [2.05, 4.69) is 5.16 Å². The Bertz CT molecular complexity index is 841. The molecule has 1 amide bonds. The van der Waals surface area contributed by atoms with Crippen molar-refractivity contribution in [1.29, 1.82) is 0 Å². The third-order valence-electron chi connectivity index (χ3n) is 5.00. The van der Waals surface area contributed by atoms with Crippen LogP contribution in [0.4, 0.5) is 10.6 Å². The first-order valence-electron chi connectivity index (χ1n) is 9.19. The molecule has 4 rings (SSSR count). The Balaban J connectivity index is 1.33. The predicted octanol–water partition coefficient (Wildman–Crippen LogP) is 3.70. The van der Waals surface area contributed by atoms with Gasteiger partial charge in [0.05, 0.1) is 5.56 Å². The fraction of sp³-hybridized carbons (Fsp3) is 0.500. The van der Waals surface area contributed by atoms with Crippen LogP contribution in [-0.4, -0.2) is 40.9 Å². The molecule has 1 aliphatic carbocycles. The Hall–Kier alpha value is -2.70. The molecule has 1 spiro atoms. The Labute approximate surface area is 158 Å². The van der Waals surface area contributed by atoms with Gasteiger partial charge in [-0.2, -0.15) is 0 Å². The van der Waals surface area contributed by atoms with E-state index in [9.17, 15) is 4.79 Å². The lowest BCUT2D eigenvalue weighted by Gasteiger charge is -2.58. The van der Waals surface area contributed by atoms with Crippen LogP contribution >= 0.6 is 0 Å². The molecule has 7 heteroatoms. The second-order valence-electron chi connectivity index (χ2n) is 8.60. The lowest BCUT2D eigenvalue weighted by molar-refractivity contribution is -0.116. The minimum atomic E-state index is -0.459. The first kappa shape index (κ1) is 17.7. The van der Waals surface area contributed by atoms with Gasteiger partial charge in [0.2, 0.25) is 0 Å². The number of carbonyl (C=O) groups excluding carboxylic acids is 1. The van der Waals surface area contributed by atoms with Gasteiger partial charge >= 0.3 is 6.09 Å². The fourth-order valence-electron chi connectivity index (χ4n) is 3.84. The molecule has 7 nitrogen and oxygen atoms in total. The monoisotopic (exact) mass is 371 g/mol. The molecule has 2 aliphatic rings. The first-order chi connectivity index (χ1) is 12.7. The molecule has 1 saturated carbocycles. The molecule has 2 aromatic rings. The van der Waals surface area contributed by atoms with Gasteiger partial charge in [0.25, 0.3) is 0 Å². The maximum Gasteiger partial charge on any atom is 0.410 e. The average Bonchev–Trinajstić information content (AvgIpc) is 2.93. The molecule has 0 unspecified atom stereocenters. The smallest absolute Gasteiger partial charge is 0.410 e. The number of rotatable bonds is 3. The summed E-state index contributed by atoms with van der Waals surface area (Å²) < 4.78 is 16.9. The van der Waals surface area contributed by atoms with Crippen LogP contribution in [0, 0.1) is 5.41 Å². The molecule has 1 aliphatic heterocycles. The van der Waals surface area contributed by atoms with Crippen molar-refractivity contribution >= 4 is 11.9 Å². The van der Waals surface area contributed by atoms with E-state index < -0.39 is 5.60 Å². The number of nitrogens with two attached hydrogens (primary N) is 1. The highest BCUT2D eigenvalue weighted by Gasteiger charge is 2.55. The van der Waals surface area contributed by atoms with Crippen molar-refractivity contribution in [1.82, 2.24) is 10.1 Å². The van der Waals surface area contributed by atoms with E-state index in [0.717, 1.165) is 37.2 Å². The molecule has 1 aromatic carbocycles. The van der Waals surface area contributed by atoms with Crippen molar-refractivity contribution in [2.24, 2.45) is 5.41 Å². The number of aromatic nitrogens is 1. The zero-order chi connectivity index (χ0) is 19.2. The van der Waals surface area contributed by atoms with Gasteiger partial charge in [0.15, 0.2) is 11.6 Å². The number of nitrogen functional groups attached to an aromatic ring is 1. The first-order valence-corrected chi connectivity index (χ1v) is 9.19. The van der Waals surface area contributed by atoms with Gasteiger partial charge in [-0.05, 0) is 45.7 Å². The van der Waals surface area contributed by atoms with E-state index in [1.807, 2.05) is 45.0 Å². The topological polar surface area (TPSA) is 90.8 Å². The van der Waals surface area contributed by atoms with Crippen LogP contribution in [0.15, 0.2) is 34.9 Å². The molecule has 1 aromatic heterocycles. The zero-order valence-corrected chi connectivity index (χ0v) is 15.9. The molecule has 27 heavy (non-hydrogen) atoms. The average molecular weight is 371 g/mol. The third kappa shape index (κ3) is 3.59. The number of hydrogen-bond donors (Lipinski definition) is 1. The molecule has 1 saturated heterocycles. The third-order valence-corrected chi connectivity index (χ3v) is 5.00. The van der Waals surface area contributed by atoms with Crippen molar-refractivity contribution in [3.63, 3.8) is 0 Å². The number of amides is 1. The maximum atomic E-state index is 12.1. The maximum absolute atomic E-state index is 12.1. The van der Waals surface area contributed by atoms with Crippen LogP contribution in [0.5, 0.6) is 5.75 Å². The summed E-state index contributed by atoms with van der Waals surface area (Å²) in [5, 5.41) is 3.74. The largest absolute Gasteiger partial charge is 0.490 e. The summed E-state index contributed by atoms with van der Waals surface area (Å²) >= 11 is 0. The molecule has 0 bridgehead atoms. The standard InChI is InChI=1S/C20H25N3O4/c1-19(2,3)26-18(24)23-11-20(12-23)9-13(10-20)25-15-7-5-4-6-14(15)16-8-17(21)22-27-16/h4-8,13H,9-12H2,1-3H3,(H2,21,22). The number of likely N-dealkylation sites (tertiary alicyclic amines) is 1. The van der Waals surface area contributed by atoms with E-state index in [1.54, 1.807) is 11.0 Å². The van der Waals surface area contributed by atoms with Crippen LogP contribution in [0.3, 0.4) is 0 Å². The summed E-state index contributed by atoms with van der Waals surface area (Å²) in [5.74, 6) is 1.70. The van der Waals surface area contributed by atoms with E-state index in [-0.39, 0.29) is 17.6 Å². The SMILES string of the molecule is CC(C)(C)OC(=O)N1CC2(CC(Oc3ccccc3-c3cc(N)no3)C2)C1. The molecular formula is C20H25N3O4. The zero-order valence-electron chi connectivity index (χ0n) is 15.9. The number of carbonyl (C=O) groups is 1. The highest BCUT2D eigenvalue weighted by molar-refractivity contribution is 5.70. The van der Waals surface area contributed by atoms with E-state index in [1.165, 1.54) is 0 Å².